The second kappa shape index (κ2) is 13.4. The van der Waals surface area contributed by atoms with Gasteiger partial charge >= 0.3 is 246 Å². The summed E-state index contributed by atoms with van der Waals surface area (Å²) in [6.45, 7) is 16.0. The predicted octanol–water partition coefficient (Wildman–Crippen LogP) is 7.64. The molecule has 6 heteroatoms. The Hall–Kier alpha value is -2.23. The number of allylic oxidation sites excluding steroid dienone is 8. The molecular weight excluding hydrogens is 660 g/mol. The third-order valence-corrected chi connectivity index (χ3v) is 8.66. The quantitative estimate of drug-likeness (QED) is 0.227. The number of likely N-dealkylation sites (tertiary alicyclic amines) is 1. The Morgan fingerprint density at radius 3 is 2.41 bits per heavy atom. The summed E-state index contributed by atoms with van der Waals surface area (Å²) in [5.41, 5.74) is 2.48. The maximum atomic E-state index is 15.1. The molecule has 0 aromatic heterocycles. The SMILES string of the molecule is C=CN(CCN1CCCC1)/C(=C\C1=CC(=C/CCc2ccc(C(C)(C)F)cc2C(C)(C)F)/[C](=[W])C=C1)C(C)=N. The molecule has 3 nitrogen and oxygen atoms in total. The van der Waals surface area contributed by atoms with Crippen LogP contribution in [-0.4, -0.2) is 45.6 Å². The van der Waals surface area contributed by atoms with E-state index in [1.54, 1.807) is 12.1 Å². The molecule has 1 aromatic carbocycles. The average Bonchev–Trinajstić information content (AvgIpc) is 3.38. The van der Waals surface area contributed by atoms with Crippen LogP contribution in [0.3, 0.4) is 0 Å². The van der Waals surface area contributed by atoms with Gasteiger partial charge in [-0.05, 0) is 0 Å². The van der Waals surface area contributed by atoms with Gasteiger partial charge in [0.15, 0.2) is 0 Å². The molecule has 1 N–H and O–H groups in total. The van der Waals surface area contributed by atoms with Crippen LogP contribution < -0.4 is 0 Å². The number of hydrogen-bond donors (Lipinski definition) is 1. The first-order valence-corrected chi connectivity index (χ1v) is 15.3. The van der Waals surface area contributed by atoms with Crippen molar-refractivity contribution in [3.05, 3.63) is 94.9 Å². The van der Waals surface area contributed by atoms with Crippen LogP contribution in [0.5, 0.6) is 0 Å². The molecule has 0 radical (unpaired) electrons. The molecule has 0 unspecified atom stereocenters. The van der Waals surface area contributed by atoms with E-state index in [1.807, 2.05) is 19.2 Å². The van der Waals surface area contributed by atoms with Gasteiger partial charge in [0, 0.05) is 0 Å². The molecule has 0 bridgehead atoms. The van der Waals surface area contributed by atoms with E-state index in [4.69, 9.17) is 5.41 Å². The number of nitrogens with zero attached hydrogens (tertiary/aromatic N) is 2. The Balaban J connectivity index is 1.79. The van der Waals surface area contributed by atoms with E-state index in [0.29, 0.717) is 23.3 Å². The van der Waals surface area contributed by atoms with E-state index in [1.165, 1.54) is 63.8 Å². The van der Waals surface area contributed by atoms with E-state index < -0.39 is 11.3 Å². The molecule has 39 heavy (non-hydrogen) atoms. The molecule has 1 heterocycles. The Labute approximate surface area is 245 Å². The van der Waals surface area contributed by atoms with Gasteiger partial charge < -0.3 is 0 Å². The number of nitrogens with one attached hydrogen (secondary N) is 1. The van der Waals surface area contributed by atoms with Crippen LogP contribution in [0.15, 0.2) is 78.2 Å². The standard InChI is InChI=1S/C33H43F2N3.W/c1-7-38(21-20-37-18-8-9-19-37)31(25(2)36)23-27-14-10-12-26(22-27)13-11-15-28-16-17-29(32(3,4)34)24-30(28)33(5,6)35;/h7,10,13-14,16-17,22-24,36H,1,8-9,11,15,18-21H2,2-6H3;/b26-13+,31-23-,36-25?;. The number of benzene rings is 1. The van der Waals surface area contributed by atoms with Gasteiger partial charge in [0.25, 0.3) is 0 Å². The van der Waals surface area contributed by atoms with Crippen LogP contribution in [0.2, 0.25) is 0 Å². The number of alkyl halides is 2. The molecule has 0 saturated carbocycles. The second-order valence-electron chi connectivity index (χ2n) is 11.4. The van der Waals surface area contributed by atoms with Gasteiger partial charge in [-0.1, -0.05) is 0 Å². The fourth-order valence-corrected chi connectivity index (χ4v) is 5.80. The maximum absolute atomic E-state index is 15.1. The monoisotopic (exact) mass is 703 g/mol. The van der Waals surface area contributed by atoms with Crippen molar-refractivity contribution in [2.45, 2.75) is 71.6 Å². The normalized spacial score (nSPS) is 18.0. The number of rotatable bonds is 12. The zero-order valence-corrected chi connectivity index (χ0v) is 27.1. The van der Waals surface area contributed by atoms with Crippen molar-refractivity contribution in [1.29, 1.82) is 5.41 Å². The number of hydrogen-bond acceptors (Lipinski definition) is 3. The summed E-state index contributed by atoms with van der Waals surface area (Å²) in [7, 11) is 0. The molecule has 0 amide bonds. The van der Waals surface area contributed by atoms with Crippen LogP contribution in [0, 0.1) is 5.41 Å². The van der Waals surface area contributed by atoms with Gasteiger partial charge in [0.1, 0.15) is 0 Å². The van der Waals surface area contributed by atoms with Gasteiger partial charge in [-0.2, -0.15) is 0 Å². The molecule has 1 aliphatic heterocycles. The summed E-state index contributed by atoms with van der Waals surface area (Å²) < 4.78 is 30.9. The van der Waals surface area contributed by atoms with Crippen LogP contribution in [0.4, 0.5) is 8.78 Å². The van der Waals surface area contributed by atoms with Gasteiger partial charge in [-0.25, -0.2) is 0 Å². The number of halogens is 2. The summed E-state index contributed by atoms with van der Waals surface area (Å²) in [4.78, 5) is 4.55. The predicted molar refractivity (Wildman–Crippen MR) is 157 cm³/mol. The van der Waals surface area contributed by atoms with Gasteiger partial charge in [-0.3, -0.25) is 0 Å². The molecule has 1 saturated heterocycles. The van der Waals surface area contributed by atoms with Crippen molar-refractivity contribution in [2.24, 2.45) is 0 Å². The average molecular weight is 704 g/mol. The molecule has 0 atom stereocenters. The fourth-order valence-electron chi connectivity index (χ4n) is 5.05. The summed E-state index contributed by atoms with van der Waals surface area (Å²) in [6, 6.07) is 5.34. The van der Waals surface area contributed by atoms with Crippen molar-refractivity contribution in [1.82, 2.24) is 9.80 Å². The van der Waals surface area contributed by atoms with Crippen molar-refractivity contribution < 1.29 is 28.1 Å². The summed E-state index contributed by atoms with van der Waals surface area (Å²) >= 11 is 1.38. The second-order valence-corrected chi connectivity index (χ2v) is 13.0. The molecule has 2 aliphatic rings. The molecular formula is C33H43F2N3W. The number of aryl methyl sites for hydroxylation is 1. The van der Waals surface area contributed by atoms with Crippen molar-refractivity contribution >= 4 is 9.61 Å². The van der Waals surface area contributed by atoms with Gasteiger partial charge in [0.2, 0.25) is 0 Å². The van der Waals surface area contributed by atoms with Crippen molar-refractivity contribution in [3.63, 3.8) is 0 Å². The molecule has 1 aromatic rings. The first kappa shape index (κ1) is 31.3. The zero-order chi connectivity index (χ0) is 28.8. The summed E-state index contributed by atoms with van der Waals surface area (Å²) in [5, 5.41) is 8.42. The van der Waals surface area contributed by atoms with Crippen molar-refractivity contribution in [2.75, 3.05) is 26.2 Å². The van der Waals surface area contributed by atoms with Crippen LogP contribution >= 0.6 is 0 Å². The minimum absolute atomic E-state index is 0.501. The molecule has 1 aliphatic carbocycles. The van der Waals surface area contributed by atoms with E-state index in [2.05, 4.69) is 46.8 Å². The molecule has 210 valence electrons. The first-order valence-electron chi connectivity index (χ1n) is 13.8. The summed E-state index contributed by atoms with van der Waals surface area (Å²) in [6.07, 6.45) is 16.5. The fraction of sp³-hybridized carbons (Fsp3) is 0.455. The third-order valence-electron chi connectivity index (χ3n) is 7.32. The molecule has 3 rings (SSSR count). The topological polar surface area (TPSA) is 30.3 Å². The Bertz CT molecular complexity index is 1200. The van der Waals surface area contributed by atoms with Crippen LogP contribution in [0.1, 0.15) is 70.6 Å². The van der Waals surface area contributed by atoms with E-state index in [-0.39, 0.29) is 0 Å². The zero-order valence-electron chi connectivity index (χ0n) is 24.1. The molecule has 0 spiro atoms. The Kier molecular flexibility index (Phi) is 10.8. The Morgan fingerprint density at radius 2 is 1.82 bits per heavy atom. The van der Waals surface area contributed by atoms with E-state index in [0.717, 1.165) is 55.0 Å². The van der Waals surface area contributed by atoms with Crippen LogP contribution in [0.25, 0.3) is 0 Å². The minimum atomic E-state index is -1.55. The third kappa shape index (κ3) is 8.88. The van der Waals surface area contributed by atoms with Crippen LogP contribution in [-0.2, 0) is 37.1 Å². The van der Waals surface area contributed by atoms with E-state index in [9.17, 15) is 4.39 Å². The van der Waals surface area contributed by atoms with Gasteiger partial charge in [-0.15, -0.1) is 0 Å². The van der Waals surface area contributed by atoms with Crippen molar-refractivity contribution in [3.8, 4) is 0 Å². The first-order chi connectivity index (χ1) is 18.3. The van der Waals surface area contributed by atoms with Gasteiger partial charge in [0.05, 0.1) is 0 Å². The molecule has 1 fully saturated rings. The van der Waals surface area contributed by atoms with E-state index >= 15 is 4.39 Å². The summed E-state index contributed by atoms with van der Waals surface area (Å²) in [5.74, 6) is 0. The Morgan fingerprint density at radius 1 is 1.13 bits per heavy atom.